The van der Waals surface area contributed by atoms with E-state index in [1.165, 1.54) is 13.2 Å². The van der Waals surface area contributed by atoms with Crippen LogP contribution in [-0.2, 0) is 22.5 Å². The molecule has 0 aromatic heterocycles. The minimum absolute atomic E-state index is 0.0904. The molecule has 0 unspecified atom stereocenters. The second-order valence-electron chi connectivity index (χ2n) is 3.58. The van der Waals surface area contributed by atoms with Crippen molar-refractivity contribution in [3.63, 3.8) is 0 Å². The second kappa shape index (κ2) is 6.07. The fraction of sp³-hybridized carbons (Fsp3) is 0.333. The summed E-state index contributed by atoms with van der Waals surface area (Å²) < 4.78 is 30.0. The highest BCUT2D eigenvalue weighted by molar-refractivity contribution is 5.73. The summed E-state index contributed by atoms with van der Waals surface area (Å²) in [6.45, 7) is -0.0904. The molecule has 0 radical (unpaired) electrons. The van der Waals surface area contributed by atoms with E-state index in [-0.39, 0.29) is 35.2 Å². The molecular formula is C12H12F2N2O2. The van der Waals surface area contributed by atoms with E-state index in [0.29, 0.717) is 0 Å². The zero-order valence-electron chi connectivity index (χ0n) is 9.74. The highest BCUT2D eigenvalue weighted by Crippen LogP contribution is 2.26. The Hall–Kier alpha value is -2.00. The number of carbonyl (C=O) groups excluding carboxylic acids is 1. The summed E-state index contributed by atoms with van der Waals surface area (Å²) >= 11 is 0. The minimum Gasteiger partial charge on any atom is -0.469 e. The predicted octanol–water partition coefficient (Wildman–Crippen LogP) is 1.67. The van der Waals surface area contributed by atoms with Gasteiger partial charge in [-0.25, -0.2) is 8.78 Å². The zero-order chi connectivity index (χ0) is 13.7. The Balaban J connectivity index is 3.28. The molecule has 0 aliphatic rings. The van der Waals surface area contributed by atoms with Gasteiger partial charge in [-0.05, 0) is 23.3 Å². The van der Waals surface area contributed by atoms with Crippen LogP contribution in [0, 0.1) is 11.3 Å². The molecule has 0 aliphatic heterocycles. The lowest BCUT2D eigenvalue weighted by molar-refractivity contribution is -0.139. The average Bonchev–Trinajstić information content (AvgIpc) is 2.37. The molecular weight excluding hydrogens is 242 g/mol. The fourth-order valence-electron chi connectivity index (χ4n) is 1.57. The SMILES string of the molecule is COC(=O)Cc1cc(C(F)F)c(CN)cc1C#N. The van der Waals surface area contributed by atoms with Gasteiger partial charge in [0.25, 0.3) is 6.43 Å². The number of hydrogen-bond acceptors (Lipinski definition) is 4. The van der Waals surface area contributed by atoms with Crippen molar-refractivity contribution < 1.29 is 18.3 Å². The molecule has 2 N–H and O–H groups in total. The quantitative estimate of drug-likeness (QED) is 0.829. The molecule has 0 saturated carbocycles. The van der Waals surface area contributed by atoms with E-state index >= 15 is 0 Å². The molecule has 0 spiro atoms. The Morgan fingerprint density at radius 1 is 1.50 bits per heavy atom. The lowest BCUT2D eigenvalue weighted by atomic mass is 9.97. The highest BCUT2D eigenvalue weighted by Gasteiger charge is 2.17. The van der Waals surface area contributed by atoms with Gasteiger partial charge in [0.1, 0.15) is 0 Å². The Bertz CT molecular complexity index is 496. The van der Waals surface area contributed by atoms with Gasteiger partial charge in [-0.2, -0.15) is 5.26 Å². The third kappa shape index (κ3) is 3.02. The van der Waals surface area contributed by atoms with E-state index in [1.807, 2.05) is 6.07 Å². The molecule has 96 valence electrons. The molecule has 0 heterocycles. The first-order chi connectivity index (χ1) is 8.53. The number of halogens is 2. The van der Waals surface area contributed by atoms with E-state index in [9.17, 15) is 13.6 Å². The van der Waals surface area contributed by atoms with Gasteiger partial charge in [0.05, 0.1) is 25.2 Å². The summed E-state index contributed by atoms with van der Waals surface area (Å²) in [5.74, 6) is -0.591. The van der Waals surface area contributed by atoms with Gasteiger partial charge >= 0.3 is 5.97 Å². The van der Waals surface area contributed by atoms with E-state index < -0.39 is 12.4 Å². The number of esters is 1. The van der Waals surface area contributed by atoms with Gasteiger partial charge in [0.15, 0.2) is 0 Å². The Morgan fingerprint density at radius 3 is 2.61 bits per heavy atom. The summed E-state index contributed by atoms with van der Waals surface area (Å²) in [7, 11) is 1.19. The van der Waals surface area contributed by atoms with Gasteiger partial charge in [-0.15, -0.1) is 0 Å². The zero-order valence-corrected chi connectivity index (χ0v) is 9.74. The molecule has 18 heavy (non-hydrogen) atoms. The van der Waals surface area contributed by atoms with Crippen LogP contribution in [0.5, 0.6) is 0 Å². The van der Waals surface area contributed by atoms with E-state index in [1.54, 1.807) is 0 Å². The molecule has 1 aromatic carbocycles. The third-order valence-corrected chi connectivity index (χ3v) is 2.50. The van der Waals surface area contributed by atoms with Crippen molar-refractivity contribution in [2.24, 2.45) is 5.73 Å². The maximum atomic E-state index is 12.8. The van der Waals surface area contributed by atoms with Crippen LogP contribution in [-0.4, -0.2) is 13.1 Å². The number of benzene rings is 1. The number of carbonyl (C=O) groups is 1. The van der Waals surface area contributed by atoms with Crippen LogP contribution < -0.4 is 5.73 Å². The maximum absolute atomic E-state index is 12.8. The lowest BCUT2D eigenvalue weighted by Gasteiger charge is -2.11. The van der Waals surface area contributed by atoms with Crippen molar-refractivity contribution in [3.05, 3.63) is 34.4 Å². The van der Waals surface area contributed by atoms with Crippen molar-refractivity contribution >= 4 is 5.97 Å². The van der Waals surface area contributed by atoms with Crippen molar-refractivity contribution in [2.75, 3.05) is 7.11 Å². The third-order valence-electron chi connectivity index (χ3n) is 2.50. The summed E-state index contributed by atoms with van der Waals surface area (Å²) in [5.41, 5.74) is 5.68. The molecule has 0 bridgehead atoms. The van der Waals surface area contributed by atoms with Gasteiger partial charge in [-0.3, -0.25) is 4.79 Å². The van der Waals surface area contributed by atoms with Crippen LogP contribution in [0.25, 0.3) is 0 Å². The van der Waals surface area contributed by atoms with Gasteiger partial charge in [0, 0.05) is 12.1 Å². The molecule has 1 aromatic rings. The van der Waals surface area contributed by atoms with Gasteiger partial charge in [0.2, 0.25) is 0 Å². The van der Waals surface area contributed by atoms with E-state index in [0.717, 1.165) is 6.07 Å². The minimum atomic E-state index is -2.70. The maximum Gasteiger partial charge on any atom is 0.310 e. The summed E-state index contributed by atoms with van der Waals surface area (Å²) in [6, 6.07) is 4.29. The number of hydrogen-bond donors (Lipinski definition) is 1. The largest absolute Gasteiger partial charge is 0.469 e. The molecule has 4 nitrogen and oxygen atoms in total. The smallest absolute Gasteiger partial charge is 0.310 e. The van der Waals surface area contributed by atoms with E-state index in [2.05, 4.69) is 4.74 Å². The highest BCUT2D eigenvalue weighted by atomic mass is 19.3. The van der Waals surface area contributed by atoms with Crippen molar-refractivity contribution in [1.82, 2.24) is 0 Å². The van der Waals surface area contributed by atoms with E-state index in [4.69, 9.17) is 11.0 Å². The first-order valence-electron chi connectivity index (χ1n) is 5.14. The topological polar surface area (TPSA) is 76.1 Å². The van der Waals surface area contributed by atoms with Crippen LogP contribution in [0.15, 0.2) is 12.1 Å². The molecule has 0 aliphatic carbocycles. The molecule has 0 amide bonds. The number of rotatable bonds is 4. The Labute approximate surface area is 103 Å². The van der Waals surface area contributed by atoms with Gasteiger partial charge < -0.3 is 10.5 Å². The standard InChI is InChI=1S/C12H12F2N2O2/c1-18-11(17)4-7-3-10(12(13)14)9(6-16)2-8(7)5-15/h2-3,12H,4,6,16H2,1H3. The predicted molar refractivity (Wildman–Crippen MR) is 59.7 cm³/mol. The molecule has 0 atom stereocenters. The van der Waals surface area contributed by atoms with Crippen molar-refractivity contribution in [2.45, 2.75) is 19.4 Å². The number of nitrogens with two attached hydrogens (primary N) is 1. The van der Waals surface area contributed by atoms with Crippen LogP contribution in [0.2, 0.25) is 0 Å². The Morgan fingerprint density at radius 2 is 2.17 bits per heavy atom. The first-order valence-corrected chi connectivity index (χ1v) is 5.14. The van der Waals surface area contributed by atoms with Crippen LogP contribution in [0.3, 0.4) is 0 Å². The van der Waals surface area contributed by atoms with Crippen LogP contribution in [0.1, 0.15) is 28.7 Å². The number of nitrogens with zero attached hydrogens (tertiary/aromatic N) is 1. The summed E-state index contributed by atoms with van der Waals surface area (Å²) in [4.78, 5) is 11.1. The molecule has 6 heteroatoms. The number of alkyl halides is 2. The monoisotopic (exact) mass is 254 g/mol. The Kier molecular flexibility index (Phi) is 4.75. The normalized spacial score (nSPS) is 10.2. The van der Waals surface area contributed by atoms with Crippen molar-refractivity contribution in [1.29, 1.82) is 5.26 Å². The van der Waals surface area contributed by atoms with Crippen molar-refractivity contribution in [3.8, 4) is 6.07 Å². The first kappa shape index (κ1) is 14.1. The fourth-order valence-corrected chi connectivity index (χ4v) is 1.57. The molecule has 1 rings (SSSR count). The van der Waals surface area contributed by atoms with Crippen LogP contribution >= 0.6 is 0 Å². The molecule has 0 fully saturated rings. The number of ether oxygens (including phenoxy) is 1. The number of methoxy groups -OCH3 is 1. The summed E-state index contributed by atoms with van der Waals surface area (Å²) in [6.07, 6.45) is -2.92. The second-order valence-corrected chi connectivity index (χ2v) is 3.58. The molecule has 0 saturated heterocycles. The average molecular weight is 254 g/mol. The van der Waals surface area contributed by atoms with Crippen LogP contribution in [0.4, 0.5) is 8.78 Å². The van der Waals surface area contributed by atoms with Gasteiger partial charge in [-0.1, -0.05) is 0 Å². The number of nitriles is 1. The summed E-state index contributed by atoms with van der Waals surface area (Å²) in [5, 5.41) is 8.92. The lowest BCUT2D eigenvalue weighted by Crippen LogP contribution is -2.09.